The van der Waals surface area contributed by atoms with Crippen molar-refractivity contribution in [2.75, 3.05) is 13.2 Å². The number of halogens is 1. The third-order valence-corrected chi connectivity index (χ3v) is 5.91. The number of benzene rings is 3. The summed E-state index contributed by atoms with van der Waals surface area (Å²) in [6.45, 7) is 0.573. The second kappa shape index (κ2) is 10.4. The van der Waals surface area contributed by atoms with Gasteiger partial charge in [0.15, 0.2) is 5.11 Å². The molecule has 4 nitrogen and oxygen atoms in total. The number of esters is 1. The van der Waals surface area contributed by atoms with Gasteiger partial charge in [-0.25, -0.2) is 4.39 Å². The van der Waals surface area contributed by atoms with Crippen LogP contribution in [0.25, 0.3) is 0 Å². The third-order valence-electron chi connectivity index (χ3n) is 5.65. The number of thiocarbonyl (C=S) groups is 1. The average molecular weight is 449 g/mol. The normalized spacial score (nSPS) is 14.6. The van der Waals surface area contributed by atoms with Crippen LogP contribution in [-0.2, 0) is 16.0 Å². The molecule has 0 aromatic heterocycles. The van der Waals surface area contributed by atoms with E-state index in [2.05, 4.69) is 10.6 Å². The number of hydrogen-bond acceptors (Lipinski definition) is 3. The summed E-state index contributed by atoms with van der Waals surface area (Å²) in [6.07, 6.45) is 1.49. The van der Waals surface area contributed by atoms with Crippen molar-refractivity contribution in [2.24, 2.45) is 0 Å². The van der Waals surface area contributed by atoms with E-state index >= 15 is 0 Å². The lowest BCUT2D eigenvalue weighted by Gasteiger charge is -2.19. The standard InChI is InChI=1S/C26H25FN2O2S/c27-22-13-7-12-21-20(22)14-15-23(21)29-26(32)28-16-17-31-25(30)24(18-8-3-1-4-9-18)19-10-5-2-6-11-19/h1-13,23-24H,14-17H2,(H2,28,29,32). The van der Waals surface area contributed by atoms with Crippen LogP contribution in [0.2, 0.25) is 0 Å². The minimum Gasteiger partial charge on any atom is -0.463 e. The molecule has 6 heteroatoms. The highest BCUT2D eigenvalue weighted by Gasteiger charge is 2.26. The van der Waals surface area contributed by atoms with Gasteiger partial charge < -0.3 is 15.4 Å². The number of carbonyl (C=O) groups is 1. The van der Waals surface area contributed by atoms with Gasteiger partial charge >= 0.3 is 5.97 Å². The van der Waals surface area contributed by atoms with Crippen molar-refractivity contribution in [3.8, 4) is 0 Å². The van der Waals surface area contributed by atoms with E-state index in [1.165, 1.54) is 6.07 Å². The molecule has 32 heavy (non-hydrogen) atoms. The lowest BCUT2D eigenvalue weighted by atomic mass is 9.91. The quantitative estimate of drug-likeness (QED) is 0.313. The highest BCUT2D eigenvalue weighted by Crippen LogP contribution is 2.32. The minimum absolute atomic E-state index is 0.0104. The molecule has 0 aliphatic heterocycles. The second-order valence-corrected chi connectivity index (χ2v) is 8.13. The third kappa shape index (κ3) is 5.14. The molecule has 164 valence electrons. The van der Waals surface area contributed by atoms with Gasteiger partial charge in [0.1, 0.15) is 18.3 Å². The molecule has 4 rings (SSSR count). The van der Waals surface area contributed by atoms with Gasteiger partial charge in [0.2, 0.25) is 0 Å². The van der Waals surface area contributed by atoms with Crippen LogP contribution in [0.5, 0.6) is 0 Å². The maximum atomic E-state index is 13.9. The monoisotopic (exact) mass is 448 g/mol. The average Bonchev–Trinajstić information content (AvgIpc) is 3.22. The van der Waals surface area contributed by atoms with Crippen LogP contribution < -0.4 is 10.6 Å². The van der Waals surface area contributed by atoms with E-state index in [0.29, 0.717) is 18.1 Å². The zero-order chi connectivity index (χ0) is 22.3. The molecule has 0 radical (unpaired) electrons. The summed E-state index contributed by atoms with van der Waals surface area (Å²) in [7, 11) is 0. The first-order valence-electron chi connectivity index (χ1n) is 10.7. The Morgan fingerprint density at radius 2 is 1.66 bits per heavy atom. The molecule has 0 amide bonds. The van der Waals surface area contributed by atoms with Crippen LogP contribution in [0.3, 0.4) is 0 Å². The molecule has 0 heterocycles. The van der Waals surface area contributed by atoms with Crippen LogP contribution in [0, 0.1) is 5.82 Å². The van der Waals surface area contributed by atoms with Gasteiger partial charge in [-0.1, -0.05) is 72.8 Å². The summed E-state index contributed by atoms with van der Waals surface area (Å²) in [5.74, 6) is -0.945. The van der Waals surface area contributed by atoms with E-state index in [1.807, 2.05) is 66.7 Å². The molecule has 3 aromatic rings. The van der Waals surface area contributed by atoms with Gasteiger partial charge in [-0.3, -0.25) is 4.79 Å². The maximum Gasteiger partial charge on any atom is 0.317 e. The van der Waals surface area contributed by atoms with E-state index in [1.54, 1.807) is 6.07 Å². The molecule has 1 aliphatic carbocycles. The Kier molecular flexibility index (Phi) is 7.12. The predicted octanol–water partition coefficient (Wildman–Crippen LogP) is 4.65. The van der Waals surface area contributed by atoms with Gasteiger partial charge in [0, 0.05) is 0 Å². The second-order valence-electron chi connectivity index (χ2n) is 7.72. The highest BCUT2D eigenvalue weighted by atomic mass is 32.1. The molecule has 1 unspecified atom stereocenters. The molecule has 1 atom stereocenters. The van der Waals surface area contributed by atoms with Crippen LogP contribution in [-0.4, -0.2) is 24.2 Å². The number of fused-ring (bicyclic) bond motifs is 1. The number of nitrogens with one attached hydrogen (secondary N) is 2. The summed E-state index contributed by atoms with van der Waals surface area (Å²) in [5.41, 5.74) is 3.49. The van der Waals surface area contributed by atoms with Crippen molar-refractivity contribution >= 4 is 23.3 Å². The molecule has 0 saturated heterocycles. The Morgan fingerprint density at radius 1 is 1.00 bits per heavy atom. The van der Waals surface area contributed by atoms with Crippen molar-refractivity contribution in [3.05, 3.63) is 107 Å². The molecule has 3 aromatic carbocycles. The summed E-state index contributed by atoms with van der Waals surface area (Å²) >= 11 is 5.38. The fourth-order valence-electron chi connectivity index (χ4n) is 4.12. The number of hydrogen-bond donors (Lipinski definition) is 2. The van der Waals surface area contributed by atoms with E-state index in [4.69, 9.17) is 17.0 Å². The minimum atomic E-state index is -0.479. The van der Waals surface area contributed by atoms with E-state index in [-0.39, 0.29) is 24.4 Å². The first kappa shape index (κ1) is 22.0. The summed E-state index contributed by atoms with van der Waals surface area (Å²) in [6, 6.07) is 24.4. The van der Waals surface area contributed by atoms with E-state index in [9.17, 15) is 9.18 Å². The van der Waals surface area contributed by atoms with Gasteiger partial charge in [0.25, 0.3) is 0 Å². The van der Waals surface area contributed by atoms with Crippen LogP contribution in [0.15, 0.2) is 78.9 Å². The summed E-state index contributed by atoms with van der Waals surface area (Å²) < 4.78 is 19.5. The van der Waals surface area contributed by atoms with Crippen molar-refractivity contribution in [1.82, 2.24) is 10.6 Å². The van der Waals surface area contributed by atoms with Gasteiger partial charge in [-0.15, -0.1) is 0 Å². The summed E-state index contributed by atoms with van der Waals surface area (Å²) in [5, 5.41) is 6.78. The zero-order valence-corrected chi connectivity index (χ0v) is 18.4. The summed E-state index contributed by atoms with van der Waals surface area (Å²) in [4.78, 5) is 12.9. The number of carbonyl (C=O) groups excluding carboxylic acids is 1. The van der Waals surface area contributed by atoms with Gasteiger partial charge in [0.05, 0.1) is 12.6 Å². The van der Waals surface area contributed by atoms with Crippen molar-refractivity contribution < 1.29 is 13.9 Å². The topological polar surface area (TPSA) is 50.4 Å². The van der Waals surface area contributed by atoms with E-state index in [0.717, 1.165) is 28.7 Å². The molecule has 0 fully saturated rings. The first-order chi connectivity index (χ1) is 15.6. The fraction of sp³-hybridized carbons (Fsp3) is 0.231. The fourth-order valence-corrected chi connectivity index (χ4v) is 4.37. The molecule has 1 aliphatic rings. The maximum absolute atomic E-state index is 13.9. The van der Waals surface area contributed by atoms with Gasteiger partial charge in [-0.2, -0.15) is 0 Å². The smallest absolute Gasteiger partial charge is 0.317 e. The Bertz CT molecular complexity index is 1040. The lowest BCUT2D eigenvalue weighted by Crippen LogP contribution is -2.39. The van der Waals surface area contributed by atoms with Crippen LogP contribution in [0.4, 0.5) is 4.39 Å². The van der Waals surface area contributed by atoms with Gasteiger partial charge in [-0.05, 0) is 53.4 Å². The molecule has 0 bridgehead atoms. The SMILES string of the molecule is O=C(OCCNC(=S)NC1CCc2c(F)cccc21)C(c1ccccc1)c1ccccc1. The molecular formula is C26H25FN2O2S. The van der Waals surface area contributed by atoms with Crippen LogP contribution >= 0.6 is 12.2 Å². The Morgan fingerprint density at radius 3 is 2.31 bits per heavy atom. The molecular weight excluding hydrogens is 423 g/mol. The van der Waals surface area contributed by atoms with Crippen LogP contribution in [0.1, 0.15) is 40.6 Å². The highest BCUT2D eigenvalue weighted by molar-refractivity contribution is 7.80. The van der Waals surface area contributed by atoms with Crippen molar-refractivity contribution in [2.45, 2.75) is 24.8 Å². The Balaban J connectivity index is 1.29. The van der Waals surface area contributed by atoms with E-state index < -0.39 is 5.92 Å². The zero-order valence-electron chi connectivity index (χ0n) is 17.6. The Hall–Kier alpha value is -3.25. The van der Waals surface area contributed by atoms with Crippen molar-refractivity contribution in [1.29, 1.82) is 0 Å². The lowest BCUT2D eigenvalue weighted by molar-refractivity contribution is -0.144. The number of ether oxygens (including phenoxy) is 1. The number of rotatable bonds is 7. The predicted molar refractivity (Wildman–Crippen MR) is 127 cm³/mol. The largest absolute Gasteiger partial charge is 0.463 e. The molecule has 0 saturated carbocycles. The Labute approximate surface area is 192 Å². The van der Waals surface area contributed by atoms with Crippen molar-refractivity contribution in [3.63, 3.8) is 0 Å². The first-order valence-corrected chi connectivity index (χ1v) is 11.1. The molecule has 2 N–H and O–H groups in total. The molecule has 0 spiro atoms.